The summed E-state index contributed by atoms with van der Waals surface area (Å²) in [6.45, 7) is 0.278. The van der Waals surface area contributed by atoms with Gasteiger partial charge in [0.05, 0.1) is 17.3 Å². The first-order chi connectivity index (χ1) is 11.6. The second-order valence-electron chi connectivity index (χ2n) is 5.05. The lowest BCUT2D eigenvalue weighted by Crippen LogP contribution is -2.20. The Morgan fingerprint density at radius 3 is 2.62 bits per heavy atom. The summed E-state index contributed by atoms with van der Waals surface area (Å²) < 4.78 is 15.2. The molecule has 2 amide bonds. The van der Waals surface area contributed by atoms with Gasteiger partial charge in [0.25, 0.3) is 0 Å². The van der Waals surface area contributed by atoms with E-state index in [4.69, 9.17) is 11.6 Å². The Labute approximate surface area is 143 Å². The average molecular weight is 345 g/mol. The fourth-order valence-electron chi connectivity index (χ4n) is 2.15. The molecule has 5 nitrogen and oxygen atoms in total. The van der Waals surface area contributed by atoms with Gasteiger partial charge in [0.1, 0.15) is 5.82 Å². The molecule has 3 rings (SSSR count). The molecule has 122 valence electrons. The predicted molar refractivity (Wildman–Crippen MR) is 91.8 cm³/mol. The highest BCUT2D eigenvalue weighted by atomic mass is 35.5. The maximum absolute atomic E-state index is 13.6. The van der Waals surface area contributed by atoms with Gasteiger partial charge in [-0.2, -0.15) is 5.10 Å². The number of nitrogens with zero attached hydrogens (tertiary/aromatic N) is 2. The highest BCUT2D eigenvalue weighted by Crippen LogP contribution is 2.20. The number of rotatable bonds is 4. The molecule has 0 spiro atoms. The lowest BCUT2D eigenvalue weighted by atomic mass is 10.2. The zero-order valence-corrected chi connectivity index (χ0v) is 13.3. The van der Waals surface area contributed by atoms with Gasteiger partial charge in [0.15, 0.2) is 5.82 Å². The van der Waals surface area contributed by atoms with E-state index in [1.165, 1.54) is 6.07 Å². The van der Waals surface area contributed by atoms with E-state index >= 15 is 0 Å². The lowest BCUT2D eigenvalue weighted by Gasteiger charge is -2.07. The number of amides is 2. The predicted octanol–water partition coefficient (Wildman–Crippen LogP) is 4.37. The molecule has 24 heavy (non-hydrogen) atoms. The molecule has 1 heterocycles. The molecule has 3 aromatic rings. The van der Waals surface area contributed by atoms with Crippen molar-refractivity contribution in [2.24, 2.45) is 0 Å². The number of carbonyl (C=O) groups excluding carboxylic acids is 1. The molecule has 2 N–H and O–H groups in total. The van der Waals surface area contributed by atoms with Crippen LogP contribution in [0, 0.1) is 5.82 Å². The van der Waals surface area contributed by atoms with E-state index in [1.54, 1.807) is 59.4 Å². The number of urea groups is 1. The Morgan fingerprint density at radius 1 is 1.08 bits per heavy atom. The SMILES string of the molecule is O=C(Nc1ccn(Cc2ccccc2F)n1)Nc1ccccc1Cl. The standard InChI is InChI=1S/C17H14ClFN4O/c18-13-6-2-4-8-15(13)20-17(24)21-16-9-10-23(22-16)11-12-5-1-3-7-14(12)19/h1-10H,11H2,(H2,20,21,22,24). The lowest BCUT2D eigenvalue weighted by molar-refractivity contribution is 0.262. The van der Waals surface area contributed by atoms with Gasteiger partial charge in [0.2, 0.25) is 0 Å². The summed E-state index contributed by atoms with van der Waals surface area (Å²) in [7, 11) is 0. The Morgan fingerprint density at radius 2 is 1.83 bits per heavy atom. The molecule has 0 aliphatic carbocycles. The Hall–Kier alpha value is -2.86. The normalized spacial score (nSPS) is 10.4. The topological polar surface area (TPSA) is 59.0 Å². The van der Waals surface area contributed by atoms with Crippen molar-refractivity contribution in [1.82, 2.24) is 9.78 Å². The van der Waals surface area contributed by atoms with E-state index < -0.39 is 6.03 Å². The third kappa shape index (κ3) is 3.91. The van der Waals surface area contributed by atoms with Crippen molar-refractivity contribution in [2.45, 2.75) is 6.54 Å². The van der Waals surface area contributed by atoms with Gasteiger partial charge in [-0.15, -0.1) is 0 Å². The summed E-state index contributed by atoms with van der Waals surface area (Å²) in [5.74, 6) is 0.0647. The first-order valence-corrected chi connectivity index (χ1v) is 7.59. The van der Waals surface area contributed by atoms with E-state index in [0.29, 0.717) is 22.1 Å². The summed E-state index contributed by atoms with van der Waals surface area (Å²) in [5, 5.41) is 9.88. The van der Waals surface area contributed by atoms with E-state index in [9.17, 15) is 9.18 Å². The number of hydrogen-bond donors (Lipinski definition) is 2. The molecule has 0 saturated carbocycles. The molecular weight excluding hydrogens is 331 g/mol. The molecule has 0 bridgehead atoms. The van der Waals surface area contributed by atoms with Crippen LogP contribution < -0.4 is 10.6 Å². The van der Waals surface area contributed by atoms with Crippen LogP contribution in [0.25, 0.3) is 0 Å². The Kier molecular flexibility index (Phi) is 4.77. The number of anilines is 2. The van der Waals surface area contributed by atoms with Crippen LogP contribution >= 0.6 is 11.6 Å². The van der Waals surface area contributed by atoms with Gasteiger partial charge in [-0.1, -0.05) is 41.9 Å². The second-order valence-corrected chi connectivity index (χ2v) is 5.46. The molecule has 0 saturated heterocycles. The zero-order chi connectivity index (χ0) is 16.9. The van der Waals surface area contributed by atoms with Gasteiger partial charge in [0, 0.05) is 17.8 Å². The van der Waals surface area contributed by atoms with Crippen LogP contribution in [-0.2, 0) is 6.54 Å². The first-order valence-electron chi connectivity index (χ1n) is 7.21. The van der Waals surface area contributed by atoms with Crippen LogP contribution in [-0.4, -0.2) is 15.8 Å². The number of carbonyl (C=O) groups is 1. The van der Waals surface area contributed by atoms with Crippen LogP contribution in [0.15, 0.2) is 60.8 Å². The smallest absolute Gasteiger partial charge is 0.306 e. The zero-order valence-electron chi connectivity index (χ0n) is 12.5. The highest BCUT2D eigenvalue weighted by Gasteiger charge is 2.08. The molecule has 0 unspecified atom stereocenters. The van der Waals surface area contributed by atoms with Crippen LogP contribution in [0.4, 0.5) is 20.7 Å². The molecule has 0 aliphatic heterocycles. The quantitative estimate of drug-likeness (QED) is 0.738. The molecular formula is C17H14ClFN4O. The van der Waals surface area contributed by atoms with E-state index in [1.807, 2.05) is 0 Å². The molecule has 1 aromatic heterocycles. The minimum atomic E-state index is -0.459. The monoisotopic (exact) mass is 344 g/mol. The van der Waals surface area contributed by atoms with Gasteiger partial charge in [-0.3, -0.25) is 10.00 Å². The van der Waals surface area contributed by atoms with E-state index in [-0.39, 0.29) is 12.4 Å². The fraction of sp³-hybridized carbons (Fsp3) is 0.0588. The first kappa shape index (κ1) is 16.0. The second kappa shape index (κ2) is 7.14. The fourth-order valence-corrected chi connectivity index (χ4v) is 2.33. The third-order valence-corrected chi connectivity index (χ3v) is 3.62. The number of halogens is 2. The van der Waals surface area contributed by atoms with Crippen molar-refractivity contribution in [3.8, 4) is 0 Å². The Bertz CT molecular complexity index is 865. The summed E-state index contributed by atoms with van der Waals surface area (Å²) in [6, 6.07) is 14.6. The summed E-state index contributed by atoms with van der Waals surface area (Å²) in [4.78, 5) is 12.0. The van der Waals surface area contributed by atoms with Gasteiger partial charge >= 0.3 is 6.03 Å². The van der Waals surface area contributed by atoms with Crippen LogP contribution in [0.2, 0.25) is 5.02 Å². The van der Waals surface area contributed by atoms with Gasteiger partial charge in [-0.25, -0.2) is 9.18 Å². The third-order valence-electron chi connectivity index (χ3n) is 3.29. The number of nitrogens with one attached hydrogen (secondary N) is 2. The molecule has 0 fully saturated rings. The number of aromatic nitrogens is 2. The van der Waals surface area contributed by atoms with Gasteiger partial charge in [-0.05, 0) is 18.2 Å². The largest absolute Gasteiger partial charge is 0.324 e. The number of hydrogen-bond acceptors (Lipinski definition) is 2. The Balaban J connectivity index is 1.63. The molecule has 7 heteroatoms. The average Bonchev–Trinajstić information content (AvgIpc) is 2.99. The molecule has 0 atom stereocenters. The van der Waals surface area contributed by atoms with Crippen LogP contribution in [0.3, 0.4) is 0 Å². The van der Waals surface area contributed by atoms with Crippen molar-refractivity contribution in [3.63, 3.8) is 0 Å². The van der Waals surface area contributed by atoms with Crippen LogP contribution in [0.1, 0.15) is 5.56 Å². The van der Waals surface area contributed by atoms with Gasteiger partial charge < -0.3 is 5.32 Å². The minimum absolute atomic E-state index is 0.278. The maximum Gasteiger partial charge on any atom is 0.324 e. The summed E-state index contributed by atoms with van der Waals surface area (Å²) >= 11 is 5.98. The molecule has 2 aromatic carbocycles. The van der Waals surface area contributed by atoms with E-state index in [2.05, 4.69) is 15.7 Å². The van der Waals surface area contributed by atoms with Crippen LogP contribution in [0.5, 0.6) is 0 Å². The molecule has 0 radical (unpaired) electrons. The summed E-state index contributed by atoms with van der Waals surface area (Å²) in [6.07, 6.45) is 1.66. The van der Waals surface area contributed by atoms with Crippen molar-refractivity contribution in [2.75, 3.05) is 10.6 Å². The van der Waals surface area contributed by atoms with Crippen molar-refractivity contribution in [3.05, 3.63) is 77.2 Å². The molecule has 0 aliphatic rings. The highest BCUT2D eigenvalue weighted by molar-refractivity contribution is 6.33. The van der Waals surface area contributed by atoms with Crippen molar-refractivity contribution >= 4 is 29.1 Å². The number of benzene rings is 2. The maximum atomic E-state index is 13.6. The number of para-hydroxylation sites is 1. The van der Waals surface area contributed by atoms with Crippen molar-refractivity contribution in [1.29, 1.82) is 0 Å². The van der Waals surface area contributed by atoms with E-state index in [0.717, 1.165) is 0 Å². The minimum Gasteiger partial charge on any atom is -0.306 e. The summed E-state index contributed by atoms with van der Waals surface area (Å²) in [5.41, 5.74) is 1.02. The van der Waals surface area contributed by atoms with Crippen molar-refractivity contribution < 1.29 is 9.18 Å².